The first-order valence-corrected chi connectivity index (χ1v) is 10.4. The van der Waals surface area contributed by atoms with Crippen molar-refractivity contribution >= 4 is 17.5 Å². The second kappa shape index (κ2) is 8.17. The van der Waals surface area contributed by atoms with Gasteiger partial charge in [-0.1, -0.05) is 30.5 Å². The van der Waals surface area contributed by atoms with Crippen LogP contribution in [0.4, 0.5) is 5.69 Å². The van der Waals surface area contributed by atoms with E-state index < -0.39 is 0 Å². The van der Waals surface area contributed by atoms with Crippen molar-refractivity contribution in [3.63, 3.8) is 0 Å². The van der Waals surface area contributed by atoms with Gasteiger partial charge in [-0.25, -0.2) is 0 Å². The Balaban J connectivity index is 1.43. The van der Waals surface area contributed by atoms with Gasteiger partial charge in [0.25, 0.3) is 11.8 Å². The molecule has 1 saturated heterocycles. The molecule has 2 atom stereocenters. The second-order valence-corrected chi connectivity index (χ2v) is 8.15. The van der Waals surface area contributed by atoms with Crippen LogP contribution in [-0.2, 0) is 0 Å². The van der Waals surface area contributed by atoms with Crippen LogP contribution < -0.4 is 5.32 Å². The molecule has 0 aromatic heterocycles. The molecule has 2 aromatic carbocycles. The van der Waals surface area contributed by atoms with Crippen LogP contribution in [0.5, 0.6) is 0 Å². The molecule has 4 rings (SSSR count). The molecular formula is C24H28N2O2. The zero-order valence-electron chi connectivity index (χ0n) is 16.5. The van der Waals surface area contributed by atoms with Crippen LogP contribution in [0, 0.1) is 12.8 Å². The number of likely N-dealkylation sites (tertiary alicyclic amines) is 1. The molecule has 4 nitrogen and oxygen atoms in total. The molecule has 146 valence electrons. The highest BCUT2D eigenvalue weighted by atomic mass is 16.2. The summed E-state index contributed by atoms with van der Waals surface area (Å²) in [5.74, 6) is 0.674. The Bertz CT molecular complexity index is 840. The van der Waals surface area contributed by atoms with Gasteiger partial charge in [0.2, 0.25) is 0 Å². The molecule has 0 spiro atoms. The van der Waals surface area contributed by atoms with Crippen LogP contribution in [0.1, 0.15) is 64.8 Å². The molecule has 1 aliphatic heterocycles. The summed E-state index contributed by atoms with van der Waals surface area (Å²) >= 11 is 0. The molecule has 0 radical (unpaired) electrons. The van der Waals surface area contributed by atoms with Crippen LogP contribution in [-0.4, -0.2) is 29.3 Å². The highest BCUT2D eigenvalue weighted by Crippen LogP contribution is 2.36. The van der Waals surface area contributed by atoms with Crippen molar-refractivity contribution in [1.29, 1.82) is 0 Å². The first-order valence-electron chi connectivity index (χ1n) is 10.4. The minimum Gasteiger partial charge on any atom is -0.335 e. The lowest BCUT2D eigenvalue weighted by atomic mass is 9.78. The van der Waals surface area contributed by atoms with Gasteiger partial charge in [0.05, 0.1) is 0 Å². The maximum atomic E-state index is 13.1. The SMILES string of the molecule is Cc1ccc(C(=O)Nc2ccc(C(=O)N3CCC[C@@H]4CCCC[C@@H]43)cc2)cc1. The number of piperidine rings is 1. The molecule has 0 unspecified atom stereocenters. The summed E-state index contributed by atoms with van der Waals surface area (Å²) in [6.45, 7) is 2.86. The number of benzene rings is 2. The van der Waals surface area contributed by atoms with Crippen LogP contribution in [0.25, 0.3) is 0 Å². The van der Waals surface area contributed by atoms with Crippen molar-refractivity contribution in [3.8, 4) is 0 Å². The quantitative estimate of drug-likeness (QED) is 0.816. The monoisotopic (exact) mass is 376 g/mol. The summed E-state index contributed by atoms with van der Waals surface area (Å²) in [6, 6.07) is 15.2. The third-order valence-corrected chi connectivity index (χ3v) is 6.21. The molecule has 28 heavy (non-hydrogen) atoms. The number of nitrogens with one attached hydrogen (secondary N) is 1. The van der Waals surface area contributed by atoms with Gasteiger partial charge in [-0.15, -0.1) is 0 Å². The normalized spacial score (nSPS) is 21.7. The van der Waals surface area contributed by atoms with Crippen molar-refractivity contribution in [1.82, 2.24) is 4.90 Å². The minimum atomic E-state index is -0.139. The molecule has 1 heterocycles. The third-order valence-electron chi connectivity index (χ3n) is 6.21. The van der Waals surface area contributed by atoms with Gasteiger partial charge in [0.15, 0.2) is 0 Å². The van der Waals surface area contributed by atoms with Crippen molar-refractivity contribution in [2.24, 2.45) is 5.92 Å². The van der Waals surface area contributed by atoms with Crippen LogP contribution >= 0.6 is 0 Å². The fraction of sp³-hybridized carbons (Fsp3) is 0.417. The largest absolute Gasteiger partial charge is 0.335 e. The van der Waals surface area contributed by atoms with Gasteiger partial charge >= 0.3 is 0 Å². The minimum absolute atomic E-state index is 0.132. The predicted molar refractivity (Wildman–Crippen MR) is 112 cm³/mol. The predicted octanol–water partition coefficient (Wildman–Crippen LogP) is 5.04. The standard InChI is InChI=1S/C24H28N2O2/c1-17-8-10-19(11-9-17)23(27)25-21-14-12-20(13-15-21)24(28)26-16-4-6-18-5-2-3-7-22(18)26/h8-15,18,22H,2-7,16H2,1H3,(H,25,27)/t18-,22-/m0/s1. The molecule has 2 aromatic rings. The molecule has 4 heteroatoms. The maximum Gasteiger partial charge on any atom is 0.255 e. The summed E-state index contributed by atoms with van der Waals surface area (Å²) in [6.07, 6.45) is 7.31. The van der Waals surface area contributed by atoms with E-state index in [9.17, 15) is 9.59 Å². The van der Waals surface area contributed by atoms with E-state index in [-0.39, 0.29) is 11.8 Å². The van der Waals surface area contributed by atoms with Gasteiger partial charge in [0.1, 0.15) is 0 Å². The van der Waals surface area contributed by atoms with Crippen LogP contribution in [0.15, 0.2) is 48.5 Å². The molecule has 1 N–H and O–H groups in total. The zero-order valence-corrected chi connectivity index (χ0v) is 16.5. The number of hydrogen-bond donors (Lipinski definition) is 1. The number of anilines is 1. The number of carbonyl (C=O) groups excluding carboxylic acids is 2. The maximum absolute atomic E-state index is 13.1. The van der Waals surface area contributed by atoms with Crippen molar-refractivity contribution in [3.05, 3.63) is 65.2 Å². The van der Waals surface area contributed by atoms with E-state index in [0.717, 1.165) is 24.9 Å². The fourth-order valence-corrected chi connectivity index (χ4v) is 4.65. The molecule has 2 fully saturated rings. The highest BCUT2D eigenvalue weighted by molar-refractivity contribution is 6.04. The van der Waals surface area contributed by atoms with E-state index in [1.54, 1.807) is 0 Å². The van der Waals surface area contributed by atoms with Crippen molar-refractivity contribution in [2.45, 2.75) is 51.5 Å². The average Bonchev–Trinajstić information content (AvgIpc) is 2.74. The average molecular weight is 377 g/mol. The summed E-state index contributed by atoms with van der Waals surface area (Å²) in [5.41, 5.74) is 3.16. The van der Waals surface area contributed by atoms with E-state index in [1.165, 1.54) is 25.7 Å². The first kappa shape index (κ1) is 18.7. The van der Waals surface area contributed by atoms with E-state index >= 15 is 0 Å². The fourth-order valence-electron chi connectivity index (χ4n) is 4.65. The number of rotatable bonds is 3. The Morgan fingerprint density at radius 1 is 0.857 bits per heavy atom. The number of fused-ring (bicyclic) bond motifs is 1. The first-order chi connectivity index (χ1) is 13.6. The Kier molecular flexibility index (Phi) is 5.47. The molecule has 2 amide bonds. The van der Waals surface area contributed by atoms with Gasteiger partial charge < -0.3 is 10.2 Å². The highest BCUT2D eigenvalue weighted by Gasteiger charge is 2.35. The lowest BCUT2D eigenvalue weighted by Gasteiger charge is -2.44. The molecule has 0 bridgehead atoms. The Labute approximate surface area is 166 Å². The zero-order chi connectivity index (χ0) is 19.5. The summed E-state index contributed by atoms with van der Waals surface area (Å²) in [7, 11) is 0. The Morgan fingerprint density at radius 3 is 2.25 bits per heavy atom. The summed E-state index contributed by atoms with van der Waals surface area (Å²) < 4.78 is 0. The number of nitrogens with zero attached hydrogens (tertiary/aromatic N) is 1. The number of aryl methyl sites for hydroxylation is 1. The molecular weight excluding hydrogens is 348 g/mol. The number of hydrogen-bond acceptors (Lipinski definition) is 2. The van der Waals surface area contributed by atoms with Gasteiger partial charge in [0, 0.05) is 29.4 Å². The van der Waals surface area contributed by atoms with Crippen molar-refractivity contribution < 1.29 is 9.59 Å². The van der Waals surface area contributed by atoms with Gasteiger partial charge in [-0.2, -0.15) is 0 Å². The number of amides is 2. The summed E-state index contributed by atoms with van der Waals surface area (Å²) in [4.78, 5) is 27.5. The van der Waals surface area contributed by atoms with Gasteiger partial charge in [-0.05, 0) is 74.9 Å². The topological polar surface area (TPSA) is 49.4 Å². The molecule has 1 aliphatic carbocycles. The lowest BCUT2D eigenvalue weighted by Crippen LogP contribution is -2.49. The van der Waals surface area contributed by atoms with Crippen molar-refractivity contribution in [2.75, 3.05) is 11.9 Å². The van der Waals surface area contributed by atoms with E-state index in [4.69, 9.17) is 0 Å². The van der Waals surface area contributed by atoms with Gasteiger partial charge in [-0.3, -0.25) is 9.59 Å². The van der Waals surface area contributed by atoms with Crippen LogP contribution in [0.3, 0.4) is 0 Å². The lowest BCUT2D eigenvalue weighted by molar-refractivity contribution is 0.0390. The van der Waals surface area contributed by atoms with E-state index in [0.29, 0.717) is 28.8 Å². The third kappa shape index (κ3) is 3.96. The Morgan fingerprint density at radius 2 is 1.50 bits per heavy atom. The Hall–Kier alpha value is -2.62. The summed E-state index contributed by atoms with van der Waals surface area (Å²) in [5, 5.41) is 2.90. The molecule has 2 aliphatic rings. The molecule has 1 saturated carbocycles. The van der Waals surface area contributed by atoms with E-state index in [1.807, 2.05) is 55.5 Å². The smallest absolute Gasteiger partial charge is 0.255 e. The second-order valence-electron chi connectivity index (χ2n) is 8.15. The van der Waals surface area contributed by atoms with Crippen LogP contribution in [0.2, 0.25) is 0 Å². The van der Waals surface area contributed by atoms with E-state index in [2.05, 4.69) is 10.2 Å². The number of carbonyl (C=O) groups is 2.